The van der Waals surface area contributed by atoms with Crippen LogP contribution >= 0.6 is 0 Å². The molecule has 14 heavy (non-hydrogen) atoms. The largest absolute Gasteiger partial charge is 0.311 e. The molecule has 0 rings (SSSR count). The summed E-state index contributed by atoms with van der Waals surface area (Å²) < 4.78 is 0. The van der Waals surface area contributed by atoms with Gasteiger partial charge < -0.3 is 4.84 Å². The molecule has 0 bridgehead atoms. The van der Waals surface area contributed by atoms with Crippen molar-refractivity contribution in [1.82, 2.24) is 0 Å². The highest BCUT2D eigenvalue weighted by molar-refractivity contribution is 4.55. The first-order valence-corrected chi connectivity index (χ1v) is 5.51. The minimum atomic E-state index is -0.667. The Morgan fingerprint density at radius 3 is 2.36 bits per heavy atom. The Morgan fingerprint density at radius 2 is 1.86 bits per heavy atom. The Kier molecular flexibility index (Phi) is 8.28. The van der Waals surface area contributed by atoms with Gasteiger partial charge in [0, 0.05) is 0 Å². The Morgan fingerprint density at radius 1 is 1.14 bits per heavy atom. The van der Waals surface area contributed by atoms with Crippen LogP contribution in [0.3, 0.4) is 0 Å². The molecular formula is C10H21NO3. The molecule has 0 saturated carbocycles. The highest BCUT2D eigenvalue weighted by Gasteiger charge is 2.11. The summed E-state index contributed by atoms with van der Waals surface area (Å²) in [5.74, 6) is 0. The van der Waals surface area contributed by atoms with Gasteiger partial charge >= 0.3 is 0 Å². The molecule has 0 spiro atoms. The second kappa shape index (κ2) is 8.78. The number of hydrogen-bond acceptors (Lipinski definition) is 3. The molecule has 0 radical (unpaired) electrons. The van der Waals surface area contributed by atoms with E-state index >= 15 is 0 Å². The smallest absolute Gasteiger partial charge is 0.294 e. The fourth-order valence-corrected chi connectivity index (χ4v) is 1.49. The van der Waals surface area contributed by atoms with Gasteiger partial charge in [-0.2, -0.15) is 0 Å². The van der Waals surface area contributed by atoms with Crippen molar-refractivity contribution in [3.63, 3.8) is 0 Å². The molecule has 0 aliphatic rings. The zero-order valence-electron chi connectivity index (χ0n) is 9.20. The van der Waals surface area contributed by atoms with Gasteiger partial charge in [0.05, 0.1) is 0 Å². The summed E-state index contributed by atoms with van der Waals surface area (Å²) in [6, 6.07) is 0. The number of rotatable bonds is 9. The SMILES string of the molecule is CCCCCCC(CCC)O[N+](=O)[O-]. The van der Waals surface area contributed by atoms with E-state index in [1.165, 1.54) is 12.8 Å². The van der Waals surface area contributed by atoms with E-state index in [9.17, 15) is 10.1 Å². The van der Waals surface area contributed by atoms with E-state index in [1.54, 1.807) is 0 Å². The quantitative estimate of drug-likeness (QED) is 0.328. The highest BCUT2D eigenvalue weighted by atomic mass is 17.0. The van der Waals surface area contributed by atoms with Crippen LogP contribution in [0.25, 0.3) is 0 Å². The minimum absolute atomic E-state index is 0.188. The summed E-state index contributed by atoms with van der Waals surface area (Å²) in [4.78, 5) is 14.7. The van der Waals surface area contributed by atoms with Crippen LogP contribution in [0, 0.1) is 10.1 Å². The van der Waals surface area contributed by atoms with Gasteiger partial charge in [-0.1, -0.05) is 46.0 Å². The van der Waals surface area contributed by atoms with E-state index in [0.29, 0.717) is 0 Å². The van der Waals surface area contributed by atoms with Crippen LogP contribution in [-0.2, 0) is 4.84 Å². The van der Waals surface area contributed by atoms with Crippen molar-refractivity contribution < 1.29 is 9.92 Å². The predicted molar refractivity (Wildman–Crippen MR) is 55.5 cm³/mol. The molecule has 1 unspecified atom stereocenters. The summed E-state index contributed by atoms with van der Waals surface area (Å²) in [5.41, 5.74) is 0. The second-order valence-electron chi connectivity index (χ2n) is 3.59. The van der Waals surface area contributed by atoms with Crippen LogP contribution in [0.5, 0.6) is 0 Å². The van der Waals surface area contributed by atoms with Crippen molar-refractivity contribution in [2.75, 3.05) is 0 Å². The number of unbranched alkanes of at least 4 members (excludes halogenated alkanes) is 3. The van der Waals surface area contributed by atoms with Gasteiger partial charge in [-0.05, 0) is 12.8 Å². The zero-order chi connectivity index (χ0) is 10.8. The van der Waals surface area contributed by atoms with Crippen LogP contribution in [0.1, 0.15) is 58.8 Å². The molecule has 0 aliphatic carbocycles. The molecule has 0 saturated heterocycles. The summed E-state index contributed by atoms with van der Waals surface area (Å²) in [6.45, 7) is 4.17. The first-order chi connectivity index (χ1) is 6.70. The van der Waals surface area contributed by atoms with Gasteiger partial charge in [0.1, 0.15) is 6.10 Å². The molecule has 0 fully saturated rings. The average molecular weight is 203 g/mol. The maximum atomic E-state index is 10.2. The highest BCUT2D eigenvalue weighted by Crippen LogP contribution is 2.12. The van der Waals surface area contributed by atoms with Crippen molar-refractivity contribution in [1.29, 1.82) is 0 Å². The Labute approximate surface area is 85.7 Å². The lowest BCUT2D eigenvalue weighted by atomic mass is 10.1. The molecule has 4 heteroatoms. The Bertz CT molecular complexity index is 150. The first-order valence-electron chi connectivity index (χ1n) is 5.51. The lowest BCUT2D eigenvalue weighted by Gasteiger charge is -2.13. The molecule has 0 aromatic carbocycles. The van der Waals surface area contributed by atoms with Crippen molar-refractivity contribution >= 4 is 0 Å². The van der Waals surface area contributed by atoms with Crippen molar-refractivity contribution in [2.24, 2.45) is 0 Å². The lowest BCUT2D eigenvalue weighted by Crippen LogP contribution is -2.16. The predicted octanol–water partition coefficient (Wildman–Crippen LogP) is 3.33. The van der Waals surface area contributed by atoms with E-state index in [1.807, 2.05) is 6.92 Å². The third kappa shape index (κ3) is 7.83. The maximum Gasteiger partial charge on any atom is 0.294 e. The van der Waals surface area contributed by atoms with E-state index in [-0.39, 0.29) is 6.10 Å². The molecule has 0 aromatic rings. The standard InChI is InChI=1S/C10H21NO3/c1-3-5-6-7-9-10(8-4-2)14-11(12)13/h10H,3-9H2,1-2H3. The summed E-state index contributed by atoms with van der Waals surface area (Å²) >= 11 is 0. The van der Waals surface area contributed by atoms with Gasteiger partial charge in [-0.25, -0.2) is 0 Å². The van der Waals surface area contributed by atoms with Gasteiger partial charge in [0.2, 0.25) is 0 Å². The van der Waals surface area contributed by atoms with Crippen LogP contribution < -0.4 is 0 Å². The van der Waals surface area contributed by atoms with Gasteiger partial charge in [-0.3, -0.25) is 0 Å². The fraction of sp³-hybridized carbons (Fsp3) is 1.00. The monoisotopic (exact) mass is 203 g/mol. The normalized spacial score (nSPS) is 12.4. The van der Waals surface area contributed by atoms with Crippen LogP contribution in [0.4, 0.5) is 0 Å². The third-order valence-electron chi connectivity index (χ3n) is 2.23. The molecule has 1 atom stereocenters. The molecule has 84 valence electrons. The first kappa shape index (κ1) is 13.2. The topological polar surface area (TPSA) is 52.4 Å². The summed E-state index contributed by atoms with van der Waals surface area (Å²) in [6.07, 6.45) is 6.93. The molecule has 0 heterocycles. The van der Waals surface area contributed by atoms with Gasteiger partial charge in [0.15, 0.2) is 0 Å². The average Bonchev–Trinajstić information content (AvgIpc) is 2.12. The summed E-state index contributed by atoms with van der Waals surface area (Å²) in [7, 11) is 0. The number of nitrogens with zero attached hydrogens (tertiary/aromatic N) is 1. The Balaban J connectivity index is 3.56. The van der Waals surface area contributed by atoms with Crippen molar-refractivity contribution in [3.8, 4) is 0 Å². The third-order valence-corrected chi connectivity index (χ3v) is 2.23. The lowest BCUT2D eigenvalue weighted by molar-refractivity contribution is -0.769. The molecule has 0 aromatic heterocycles. The molecule has 0 amide bonds. The zero-order valence-corrected chi connectivity index (χ0v) is 9.20. The molecular weight excluding hydrogens is 182 g/mol. The number of hydrogen-bond donors (Lipinski definition) is 0. The molecule has 0 aliphatic heterocycles. The van der Waals surface area contributed by atoms with E-state index in [0.717, 1.165) is 32.1 Å². The molecule has 0 N–H and O–H groups in total. The van der Waals surface area contributed by atoms with Crippen LogP contribution in [0.2, 0.25) is 0 Å². The minimum Gasteiger partial charge on any atom is -0.311 e. The Hall–Kier alpha value is -0.800. The van der Waals surface area contributed by atoms with Crippen LogP contribution in [-0.4, -0.2) is 11.2 Å². The van der Waals surface area contributed by atoms with E-state index in [4.69, 9.17) is 0 Å². The summed E-state index contributed by atoms with van der Waals surface area (Å²) in [5, 5.41) is 9.49. The second-order valence-corrected chi connectivity index (χ2v) is 3.59. The van der Waals surface area contributed by atoms with Crippen molar-refractivity contribution in [2.45, 2.75) is 64.9 Å². The van der Waals surface area contributed by atoms with E-state index < -0.39 is 5.09 Å². The fourth-order valence-electron chi connectivity index (χ4n) is 1.49. The van der Waals surface area contributed by atoms with Crippen LogP contribution in [0.15, 0.2) is 0 Å². The van der Waals surface area contributed by atoms with Crippen molar-refractivity contribution in [3.05, 3.63) is 10.1 Å². The van der Waals surface area contributed by atoms with Gasteiger partial charge in [0.25, 0.3) is 5.09 Å². The van der Waals surface area contributed by atoms with E-state index in [2.05, 4.69) is 11.8 Å². The van der Waals surface area contributed by atoms with Gasteiger partial charge in [-0.15, -0.1) is 10.1 Å². The molecule has 4 nitrogen and oxygen atoms in total. The maximum absolute atomic E-state index is 10.2.